The Balaban J connectivity index is 3.14. The molecular weight excluding hydrogens is 106 g/mol. The molecule has 0 aromatic heterocycles. The minimum absolute atomic E-state index is 0.421. The van der Waals surface area contributed by atoms with Crippen LogP contribution in [-0.2, 0) is 11.1 Å². The summed E-state index contributed by atoms with van der Waals surface area (Å²) in [5.41, 5.74) is 0. The van der Waals surface area contributed by atoms with E-state index < -0.39 is 0 Å². The summed E-state index contributed by atoms with van der Waals surface area (Å²) in [5, 5.41) is 0.782. The van der Waals surface area contributed by atoms with Crippen molar-refractivity contribution in [1.29, 1.82) is 0 Å². The molecule has 0 heterocycles. The van der Waals surface area contributed by atoms with Crippen molar-refractivity contribution in [3.05, 3.63) is 0 Å². The van der Waals surface area contributed by atoms with Gasteiger partial charge < -0.3 is 0 Å². The van der Waals surface area contributed by atoms with Crippen LogP contribution in [-0.4, -0.2) is 18.6 Å². The van der Waals surface area contributed by atoms with Crippen molar-refractivity contribution in [2.24, 2.45) is 0 Å². The Morgan fingerprint density at radius 3 is 1.86 bits per heavy atom. The van der Waals surface area contributed by atoms with Crippen molar-refractivity contribution in [2.75, 3.05) is 13.3 Å². The molecule has 7 heavy (non-hydrogen) atoms. The van der Waals surface area contributed by atoms with Crippen LogP contribution in [0.25, 0.3) is 0 Å². The molecular formula is C5H14NS+. The van der Waals surface area contributed by atoms with E-state index in [0.29, 0.717) is 11.1 Å². The van der Waals surface area contributed by atoms with E-state index in [9.17, 15) is 0 Å². The molecule has 1 unspecified atom stereocenters. The second kappa shape index (κ2) is 3.33. The highest BCUT2D eigenvalue weighted by molar-refractivity contribution is 7.94. The molecule has 1 nitrogen and oxygen atoms in total. The van der Waals surface area contributed by atoms with Crippen LogP contribution >= 0.6 is 0 Å². The maximum Gasteiger partial charge on any atom is 0.131 e. The Bertz CT molecular complexity index is 45.3. The minimum atomic E-state index is 0.421. The SMILES string of the molecule is CN[S+](C)C(C)C. The van der Waals surface area contributed by atoms with Crippen LogP contribution in [0.15, 0.2) is 0 Å². The van der Waals surface area contributed by atoms with Crippen LogP contribution in [0, 0.1) is 0 Å². The summed E-state index contributed by atoms with van der Waals surface area (Å²) in [7, 11) is 2.00. The summed E-state index contributed by atoms with van der Waals surface area (Å²) in [5.74, 6) is 0. The molecule has 2 heteroatoms. The van der Waals surface area contributed by atoms with Gasteiger partial charge >= 0.3 is 0 Å². The van der Waals surface area contributed by atoms with Crippen LogP contribution in [0.1, 0.15) is 13.8 Å². The minimum Gasteiger partial charge on any atom is -0.142 e. The largest absolute Gasteiger partial charge is 0.142 e. The maximum absolute atomic E-state index is 3.19. The summed E-state index contributed by atoms with van der Waals surface area (Å²) in [6, 6.07) is 0. The molecule has 0 radical (unpaired) electrons. The molecule has 0 aliphatic carbocycles. The molecule has 0 aromatic rings. The Kier molecular flexibility index (Phi) is 3.48. The van der Waals surface area contributed by atoms with Crippen LogP contribution in [0.2, 0.25) is 0 Å². The van der Waals surface area contributed by atoms with Crippen molar-refractivity contribution in [3.8, 4) is 0 Å². The van der Waals surface area contributed by atoms with Gasteiger partial charge in [0.2, 0.25) is 0 Å². The third-order valence-electron chi connectivity index (χ3n) is 1.03. The standard InChI is InChI=1S/C5H14NS/c1-5(2)7(4)6-3/h5-6H,1-4H3/q+1. The first-order valence-corrected chi connectivity index (χ1v) is 4.20. The highest BCUT2D eigenvalue weighted by Gasteiger charge is 2.11. The average Bonchev–Trinajstić information content (AvgIpc) is 1.65. The third kappa shape index (κ3) is 2.94. The van der Waals surface area contributed by atoms with Gasteiger partial charge in [0.15, 0.2) is 0 Å². The zero-order valence-corrected chi connectivity index (χ0v) is 6.30. The zero-order valence-electron chi connectivity index (χ0n) is 5.49. The van der Waals surface area contributed by atoms with E-state index >= 15 is 0 Å². The molecule has 0 rings (SSSR count). The van der Waals surface area contributed by atoms with Crippen molar-refractivity contribution in [3.63, 3.8) is 0 Å². The fourth-order valence-corrected chi connectivity index (χ4v) is 0.707. The molecule has 0 saturated carbocycles. The van der Waals surface area contributed by atoms with Crippen molar-refractivity contribution in [1.82, 2.24) is 4.72 Å². The summed E-state index contributed by atoms with van der Waals surface area (Å²) in [6.45, 7) is 4.44. The normalized spacial score (nSPS) is 15.0. The van der Waals surface area contributed by atoms with Gasteiger partial charge in [-0.3, -0.25) is 0 Å². The number of rotatable bonds is 2. The number of hydrogen-bond donors (Lipinski definition) is 1. The first-order valence-electron chi connectivity index (χ1n) is 2.50. The Hall–Kier alpha value is 0.310. The quantitative estimate of drug-likeness (QED) is 0.531. The highest BCUT2D eigenvalue weighted by Crippen LogP contribution is 1.93. The molecule has 0 aromatic carbocycles. The molecule has 0 amide bonds. The lowest BCUT2D eigenvalue weighted by Crippen LogP contribution is -2.25. The summed E-state index contributed by atoms with van der Waals surface area (Å²) >= 11 is 0.421. The Morgan fingerprint density at radius 2 is 1.86 bits per heavy atom. The lowest BCUT2D eigenvalue weighted by atomic mass is 10.6. The molecule has 1 N–H and O–H groups in total. The maximum atomic E-state index is 3.19. The van der Waals surface area contributed by atoms with Gasteiger partial charge in [0.05, 0.1) is 11.1 Å². The second-order valence-corrected chi connectivity index (χ2v) is 4.28. The van der Waals surface area contributed by atoms with E-state index in [1.807, 2.05) is 7.05 Å². The van der Waals surface area contributed by atoms with Crippen molar-refractivity contribution in [2.45, 2.75) is 19.1 Å². The Morgan fingerprint density at radius 1 is 1.43 bits per heavy atom. The average molecular weight is 120 g/mol. The van der Waals surface area contributed by atoms with Gasteiger partial charge in [0.25, 0.3) is 0 Å². The van der Waals surface area contributed by atoms with E-state index in [1.165, 1.54) is 0 Å². The molecule has 0 spiro atoms. The summed E-state index contributed by atoms with van der Waals surface area (Å²) < 4.78 is 3.19. The molecule has 0 aliphatic rings. The molecule has 44 valence electrons. The zero-order chi connectivity index (χ0) is 5.86. The topological polar surface area (TPSA) is 12.0 Å². The first kappa shape index (κ1) is 7.31. The number of nitrogens with one attached hydrogen (secondary N) is 1. The van der Waals surface area contributed by atoms with Crippen molar-refractivity contribution >= 4 is 11.1 Å². The second-order valence-electron chi connectivity index (χ2n) is 1.81. The monoisotopic (exact) mass is 120 g/mol. The fraction of sp³-hybridized carbons (Fsp3) is 1.00. The van der Waals surface area contributed by atoms with Crippen LogP contribution in [0.3, 0.4) is 0 Å². The van der Waals surface area contributed by atoms with Gasteiger partial charge in [-0.2, -0.15) is 0 Å². The highest BCUT2D eigenvalue weighted by atomic mass is 32.2. The van der Waals surface area contributed by atoms with Gasteiger partial charge in [-0.15, -0.1) is 4.72 Å². The summed E-state index contributed by atoms with van der Waals surface area (Å²) in [6.07, 6.45) is 2.21. The smallest absolute Gasteiger partial charge is 0.131 e. The summed E-state index contributed by atoms with van der Waals surface area (Å²) in [4.78, 5) is 0. The lowest BCUT2D eigenvalue weighted by molar-refractivity contribution is 1.07. The third-order valence-corrected chi connectivity index (χ3v) is 3.09. The van der Waals surface area contributed by atoms with Gasteiger partial charge in [0.1, 0.15) is 11.5 Å². The van der Waals surface area contributed by atoms with E-state index in [0.717, 1.165) is 5.25 Å². The molecule has 0 saturated heterocycles. The van der Waals surface area contributed by atoms with Crippen LogP contribution < -0.4 is 4.72 Å². The van der Waals surface area contributed by atoms with Gasteiger partial charge in [-0.05, 0) is 13.8 Å². The van der Waals surface area contributed by atoms with Crippen LogP contribution in [0.4, 0.5) is 0 Å². The molecule has 0 aliphatic heterocycles. The predicted octanol–water partition coefficient (Wildman–Crippen LogP) is 0.777. The van der Waals surface area contributed by atoms with Gasteiger partial charge in [-0.1, -0.05) is 0 Å². The van der Waals surface area contributed by atoms with Gasteiger partial charge in [0, 0.05) is 7.05 Å². The van der Waals surface area contributed by atoms with Crippen LogP contribution in [0.5, 0.6) is 0 Å². The molecule has 0 fully saturated rings. The first-order chi connectivity index (χ1) is 3.18. The Labute approximate surface area is 49.0 Å². The predicted molar refractivity (Wildman–Crippen MR) is 37.5 cm³/mol. The molecule has 0 bridgehead atoms. The van der Waals surface area contributed by atoms with Crippen molar-refractivity contribution < 1.29 is 0 Å². The van der Waals surface area contributed by atoms with E-state index in [4.69, 9.17) is 0 Å². The van der Waals surface area contributed by atoms with E-state index in [2.05, 4.69) is 24.8 Å². The number of hydrogen-bond acceptors (Lipinski definition) is 1. The fourth-order valence-electron chi connectivity index (χ4n) is 0.236. The van der Waals surface area contributed by atoms with Gasteiger partial charge in [-0.25, -0.2) is 0 Å². The van der Waals surface area contributed by atoms with E-state index in [1.54, 1.807) is 0 Å². The van der Waals surface area contributed by atoms with E-state index in [-0.39, 0.29) is 0 Å². The lowest BCUT2D eigenvalue weighted by Gasteiger charge is -2.01. The molecule has 1 atom stereocenters.